The normalized spacial score (nSPS) is 11.0. The fourth-order valence-corrected chi connectivity index (χ4v) is 1.95. The highest BCUT2D eigenvalue weighted by Crippen LogP contribution is 2.25. The number of aromatic nitrogens is 2. The fraction of sp³-hybridized carbons (Fsp3) is 0.231. The maximum absolute atomic E-state index is 13.3. The molecule has 0 fully saturated rings. The van der Waals surface area contributed by atoms with Crippen LogP contribution in [0.1, 0.15) is 25.6 Å². The molecular formula is C13H11Cl2FN2. The molecule has 0 unspecified atom stereocenters. The summed E-state index contributed by atoms with van der Waals surface area (Å²) in [5.41, 5.74) is 1.16. The van der Waals surface area contributed by atoms with Crippen molar-refractivity contribution in [1.82, 2.24) is 9.97 Å². The average molecular weight is 285 g/mol. The van der Waals surface area contributed by atoms with E-state index in [9.17, 15) is 4.39 Å². The second-order valence-electron chi connectivity index (χ2n) is 4.25. The standard InChI is InChI=1S/C13H11Cl2FN2/c1-7(2)13-17-11(6-12(15)18-13)8-3-9(14)5-10(16)4-8/h3-7H,1-2H3. The molecule has 18 heavy (non-hydrogen) atoms. The highest BCUT2D eigenvalue weighted by molar-refractivity contribution is 6.31. The van der Waals surface area contributed by atoms with Gasteiger partial charge in [-0.15, -0.1) is 0 Å². The molecule has 2 aromatic rings. The molecule has 0 aliphatic carbocycles. The van der Waals surface area contributed by atoms with Gasteiger partial charge in [0.25, 0.3) is 0 Å². The van der Waals surface area contributed by atoms with Crippen LogP contribution in [0, 0.1) is 5.82 Å². The zero-order chi connectivity index (χ0) is 13.3. The number of hydrogen-bond acceptors (Lipinski definition) is 2. The Morgan fingerprint density at radius 2 is 1.78 bits per heavy atom. The lowest BCUT2D eigenvalue weighted by Gasteiger charge is -2.08. The highest BCUT2D eigenvalue weighted by Gasteiger charge is 2.10. The van der Waals surface area contributed by atoms with Gasteiger partial charge in [0.05, 0.1) is 5.69 Å². The first-order valence-electron chi connectivity index (χ1n) is 5.46. The summed E-state index contributed by atoms with van der Waals surface area (Å²) < 4.78 is 13.3. The quantitative estimate of drug-likeness (QED) is 0.746. The maximum Gasteiger partial charge on any atom is 0.133 e. The third-order valence-corrected chi connectivity index (χ3v) is 2.80. The van der Waals surface area contributed by atoms with Crippen LogP contribution in [0.3, 0.4) is 0 Å². The fourth-order valence-electron chi connectivity index (χ4n) is 1.54. The predicted octanol–water partition coefficient (Wildman–Crippen LogP) is 4.71. The molecule has 2 nitrogen and oxygen atoms in total. The van der Waals surface area contributed by atoms with E-state index in [1.165, 1.54) is 12.1 Å². The van der Waals surface area contributed by atoms with Crippen LogP contribution in [-0.2, 0) is 0 Å². The molecule has 0 atom stereocenters. The Morgan fingerprint density at radius 3 is 2.39 bits per heavy atom. The third-order valence-electron chi connectivity index (χ3n) is 2.39. The second kappa shape index (κ2) is 5.21. The van der Waals surface area contributed by atoms with Gasteiger partial charge >= 0.3 is 0 Å². The van der Waals surface area contributed by atoms with Crippen molar-refractivity contribution in [2.45, 2.75) is 19.8 Å². The molecule has 0 spiro atoms. The average Bonchev–Trinajstić information content (AvgIpc) is 2.26. The molecule has 0 saturated heterocycles. The minimum atomic E-state index is -0.404. The molecule has 2 rings (SSSR count). The van der Waals surface area contributed by atoms with Crippen LogP contribution >= 0.6 is 23.2 Å². The summed E-state index contributed by atoms with van der Waals surface area (Å²) in [7, 11) is 0. The summed E-state index contributed by atoms with van der Waals surface area (Å²) in [5.74, 6) is 0.364. The number of rotatable bonds is 2. The van der Waals surface area contributed by atoms with Gasteiger partial charge in [0.1, 0.15) is 16.8 Å². The Bertz CT molecular complexity index is 565. The molecule has 0 aliphatic heterocycles. The Kier molecular flexibility index (Phi) is 3.83. The van der Waals surface area contributed by atoms with E-state index in [2.05, 4.69) is 9.97 Å². The van der Waals surface area contributed by atoms with Gasteiger partial charge in [-0.3, -0.25) is 0 Å². The SMILES string of the molecule is CC(C)c1nc(Cl)cc(-c2cc(F)cc(Cl)c2)n1. The third kappa shape index (κ3) is 2.98. The van der Waals surface area contributed by atoms with Crippen molar-refractivity contribution in [3.63, 3.8) is 0 Å². The van der Waals surface area contributed by atoms with Gasteiger partial charge < -0.3 is 0 Å². The minimum Gasteiger partial charge on any atom is -0.233 e. The van der Waals surface area contributed by atoms with Crippen LogP contribution in [0.4, 0.5) is 4.39 Å². The first kappa shape index (κ1) is 13.2. The second-order valence-corrected chi connectivity index (χ2v) is 5.07. The molecular weight excluding hydrogens is 274 g/mol. The van der Waals surface area contributed by atoms with E-state index in [4.69, 9.17) is 23.2 Å². The van der Waals surface area contributed by atoms with Crippen molar-refractivity contribution in [1.29, 1.82) is 0 Å². The Balaban J connectivity index is 2.56. The predicted molar refractivity (Wildman–Crippen MR) is 71.5 cm³/mol. The molecule has 5 heteroatoms. The van der Waals surface area contributed by atoms with Gasteiger partial charge in [0, 0.05) is 22.6 Å². The van der Waals surface area contributed by atoms with Crippen LogP contribution in [0.25, 0.3) is 11.3 Å². The van der Waals surface area contributed by atoms with Crippen molar-refractivity contribution in [3.8, 4) is 11.3 Å². The van der Waals surface area contributed by atoms with Crippen molar-refractivity contribution < 1.29 is 4.39 Å². The monoisotopic (exact) mass is 284 g/mol. The van der Waals surface area contributed by atoms with E-state index in [1.807, 2.05) is 13.8 Å². The molecule has 0 bridgehead atoms. The molecule has 1 heterocycles. The minimum absolute atomic E-state index is 0.145. The smallest absolute Gasteiger partial charge is 0.133 e. The van der Waals surface area contributed by atoms with E-state index >= 15 is 0 Å². The zero-order valence-electron chi connectivity index (χ0n) is 9.92. The number of halogens is 3. The summed E-state index contributed by atoms with van der Waals surface area (Å²) in [6, 6.07) is 5.86. The summed E-state index contributed by atoms with van der Waals surface area (Å²) >= 11 is 11.8. The van der Waals surface area contributed by atoms with E-state index in [-0.39, 0.29) is 5.92 Å². The molecule has 0 N–H and O–H groups in total. The number of hydrogen-bond donors (Lipinski definition) is 0. The molecule has 1 aromatic heterocycles. The topological polar surface area (TPSA) is 25.8 Å². The van der Waals surface area contributed by atoms with Gasteiger partial charge in [0.15, 0.2) is 0 Å². The largest absolute Gasteiger partial charge is 0.233 e. The molecule has 1 aromatic carbocycles. The first-order chi connectivity index (χ1) is 8.45. The van der Waals surface area contributed by atoms with Gasteiger partial charge in [-0.1, -0.05) is 37.0 Å². The van der Waals surface area contributed by atoms with Crippen molar-refractivity contribution >= 4 is 23.2 Å². The van der Waals surface area contributed by atoms with Crippen LogP contribution in [-0.4, -0.2) is 9.97 Å². The Hall–Kier alpha value is -1.19. The number of nitrogens with zero attached hydrogens (tertiary/aromatic N) is 2. The molecule has 94 valence electrons. The Labute approximate surface area is 115 Å². The Morgan fingerprint density at radius 1 is 1.06 bits per heavy atom. The van der Waals surface area contributed by atoms with Gasteiger partial charge in [-0.05, 0) is 18.2 Å². The number of benzene rings is 1. The van der Waals surface area contributed by atoms with E-state index < -0.39 is 5.82 Å². The summed E-state index contributed by atoms with van der Waals surface area (Å²) in [5, 5.41) is 0.662. The van der Waals surface area contributed by atoms with Crippen molar-refractivity contribution in [2.75, 3.05) is 0 Å². The van der Waals surface area contributed by atoms with Crippen molar-refractivity contribution in [3.05, 3.63) is 46.1 Å². The molecule has 0 radical (unpaired) electrons. The zero-order valence-corrected chi connectivity index (χ0v) is 11.4. The lowest BCUT2D eigenvalue weighted by atomic mass is 10.1. The van der Waals surface area contributed by atoms with Gasteiger partial charge in [0.2, 0.25) is 0 Å². The molecule has 0 amide bonds. The molecule has 0 saturated carbocycles. The van der Waals surface area contributed by atoms with E-state index in [0.717, 1.165) is 0 Å². The van der Waals surface area contributed by atoms with E-state index in [1.54, 1.807) is 12.1 Å². The lowest BCUT2D eigenvalue weighted by molar-refractivity contribution is 0.628. The van der Waals surface area contributed by atoms with Crippen molar-refractivity contribution in [2.24, 2.45) is 0 Å². The molecule has 0 aliphatic rings. The van der Waals surface area contributed by atoms with E-state index in [0.29, 0.717) is 27.3 Å². The van der Waals surface area contributed by atoms with Gasteiger partial charge in [-0.2, -0.15) is 0 Å². The summed E-state index contributed by atoms with van der Waals surface area (Å²) in [4.78, 5) is 8.50. The lowest BCUT2D eigenvalue weighted by Crippen LogP contribution is -1.99. The maximum atomic E-state index is 13.3. The van der Waals surface area contributed by atoms with Crippen LogP contribution in [0.5, 0.6) is 0 Å². The highest BCUT2D eigenvalue weighted by atomic mass is 35.5. The van der Waals surface area contributed by atoms with Crippen LogP contribution < -0.4 is 0 Å². The van der Waals surface area contributed by atoms with Gasteiger partial charge in [-0.25, -0.2) is 14.4 Å². The van der Waals surface area contributed by atoms with Crippen LogP contribution in [0.15, 0.2) is 24.3 Å². The first-order valence-corrected chi connectivity index (χ1v) is 6.22. The van der Waals surface area contributed by atoms with Crippen LogP contribution in [0.2, 0.25) is 10.2 Å². The summed E-state index contributed by atoms with van der Waals surface area (Å²) in [6.07, 6.45) is 0. The summed E-state index contributed by atoms with van der Waals surface area (Å²) in [6.45, 7) is 3.93.